The van der Waals surface area contributed by atoms with Crippen molar-refractivity contribution in [1.82, 2.24) is 0 Å². The van der Waals surface area contributed by atoms with Gasteiger partial charge in [-0.15, -0.1) is 0 Å². The van der Waals surface area contributed by atoms with Crippen molar-refractivity contribution in [3.8, 4) is 5.75 Å². The number of benzene rings is 1. The van der Waals surface area contributed by atoms with Crippen molar-refractivity contribution in [3.05, 3.63) is 40.5 Å². The Morgan fingerprint density at radius 1 is 1.32 bits per heavy atom. The van der Waals surface area contributed by atoms with E-state index in [2.05, 4.69) is 4.74 Å². The van der Waals surface area contributed by atoms with Crippen LogP contribution in [-0.2, 0) is 14.3 Å². The molecule has 0 bridgehead atoms. The van der Waals surface area contributed by atoms with Gasteiger partial charge in [-0.2, -0.15) is 0 Å². The molecule has 1 aliphatic heterocycles. The maximum Gasteiger partial charge on any atom is 0.308 e. The lowest BCUT2D eigenvalue weighted by Gasteiger charge is -2.35. The minimum Gasteiger partial charge on any atom is -0.507 e. The average Bonchev–Trinajstić information content (AvgIpc) is 2.59. The Balaban J connectivity index is 2.05. The first-order valence-corrected chi connectivity index (χ1v) is 8.34. The highest BCUT2D eigenvalue weighted by Gasteiger charge is 2.42. The number of ether oxygens (including phenoxy) is 2. The van der Waals surface area contributed by atoms with Crippen LogP contribution >= 0.6 is 0 Å². The summed E-state index contributed by atoms with van der Waals surface area (Å²) in [4.78, 5) is 37.4. The first-order valence-electron chi connectivity index (χ1n) is 8.34. The molecule has 0 fully saturated rings. The fraction of sp³-hybridized carbons (Fsp3) is 0.421. The minimum absolute atomic E-state index is 0.0296. The summed E-state index contributed by atoms with van der Waals surface area (Å²) in [6, 6.07) is 4.48. The molecule has 0 radical (unpaired) electrons. The molecule has 1 aromatic carbocycles. The molecule has 1 N–H and O–H groups in total. The van der Waals surface area contributed by atoms with Crippen molar-refractivity contribution < 1.29 is 29.0 Å². The molecule has 1 heterocycles. The summed E-state index contributed by atoms with van der Waals surface area (Å²) in [5.74, 6) is -1.26. The first kappa shape index (κ1) is 17.4. The Morgan fingerprint density at radius 3 is 2.76 bits per heavy atom. The topological polar surface area (TPSA) is 89.9 Å². The van der Waals surface area contributed by atoms with Crippen molar-refractivity contribution in [2.75, 3.05) is 7.11 Å². The van der Waals surface area contributed by atoms with Crippen LogP contribution < -0.4 is 0 Å². The SMILES string of the molecule is CCC[C@H]1O[C@H](CC(=O)OC)CC2=C1C(=O)c1c(O)cccc1C2=O. The van der Waals surface area contributed by atoms with Crippen molar-refractivity contribution in [2.24, 2.45) is 0 Å². The molecule has 0 saturated heterocycles. The smallest absolute Gasteiger partial charge is 0.308 e. The lowest BCUT2D eigenvalue weighted by atomic mass is 9.77. The molecule has 6 nitrogen and oxygen atoms in total. The second-order valence-electron chi connectivity index (χ2n) is 6.27. The van der Waals surface area contributed by atoms with Crippen LogP contribution in [0.1, 0.15) is 53.3 Å². The fourth-order valence-corrected chi connectivity index (χ4v) is 3.51. The second kappa shape index (κ2) is 6.80. The summed E-state index contributed by atoms with van der Waals surface area (Å²) in [6.07, 6.45) is 0.456. The van der Waals surface area contributed by atoms with Gasteiger partial charge in [-0.25, -0.2) is 0 Å². The number of esters is 1. The molecule has 1 aromatic rings. The minimum atomic E-state index is -0.562. The van der Waals surface area contributed by atoms with Gasteiger partial charge in [-0.3, -0.25) is 14.4 Å². The van der Waals surface area contributed by atoms with Crippen LogP contribution in [0.5, 0.6) is 5.75 Å². The monoisotopic (exact) mass is 344 g/mol. The average molecular weight is 344 g/mol. The molecule has 3 rings (SSSR count). The first-order chi connectivity index (χ1) is 12.0. The van der Waals surface area contributed by atoms with E-state index in [0.717, 1.165) is 6.42 Å². The second-order valence-corrected chi connectivity index (χ2v) is 6.27. The van der Waals surface area contributed by atoms with E-state index in [1.165, 1.54) is 13.2 Å². The summed E-state index contributed by atoms with van der Waals surface area (Å²) < 4.78 is 10.6. The number of Topliss-reactive ketones (excluding diaryl/α,β-unsaturated/α-hetero) is 2. The summed E-state index contributed by atoms with van der Waals surface area (Å²) in [5.41, 5.74) is 0.962. The molecular formula is C19H20O6. The number of phenols is 1. The van der Waals surface area contributed by atoms with Crippen molar-refractivity contribution in [3.63, 3.8) is 0 Å². The van der Waals surface area contributed by atoms with Crippen LogP contribution in [-0.4, -0.2) is 42.0 Å². The van der Waals surface area contributed by atoms with E-state index in [4.69, 9.17) is 4.74 Å². The molecule has 2 atom stereocenters. The fourth-order valence-electron chi connectivity index (χ4n) is 3.51. The molecule has 0 unspecified atom stereocenters. The van der Waals surface area contributed by atoms with Gasteiger partial charge < -0.3 is 14.6 Å². The van der Waals surface area contributed by atoms with Gasteiger partial charge in [0.2, 0.25) is 0 Å². The number of rotatable bonds is 4. The van der Waals surface area contributed by atoms with E-state index >= 15 is 0 Å². The third kappa shape index (κ3) is 2.98. The number of carbonyl (C=O) groups excluding carboxylic acids is 3. The van der Waals surface area contributed by atoms with E-state index in [1.807, 2.05) is 6.92 Å². The molecule has 132 valence electrons. The van der Waals surface area contributed by atoms with Gasteiger partial charge in [0.1, 0.15) is 5.75 Å². The number of ketones is 2. The number of hydrogen-bond donors (Lipinski definition) is 1. The summed E-state index contributed by atoms with van der Waals surface area (Å²) in [7, 11) is 1.30. The van der Waals surface area contributed by atoms with Crippen LogP contribution in [0, 0.1) is 0 Å². The highest BCUT2D eigenvalue weighted by atomic mass is 16.5. The molecule has 0 amide bonds. The van der Waals surface area contributed by atoms with Gasteiger partial charge in [0, 0.05) is 23.1 Å². The Morgan fingerprint density at radius 2 is 2.08 bits per heavy atom. The quantitative estimate of drug-likeness (QED) is 0.845. The summed E-state index contributed by atoms with van der Waals surface area (Å²) in [6.45, 7) is 1.95. The van der Waals surface area contributed by atoms with Gasteiger partial charge in [0.25, 0.3) is 0 Å². The van der Waals surface area contributed by atoms with E-state index in [0.29, 0.717) is 17.6 Å². The van der Waals surface area contributed by atoms with Crippen molar-refractivity contribution >= 4 is 17.5 Å². The number of phenolic OH excluding ortho intramolecular Hbond substituents is 1. The highest BCUT2D eigenvalue weighted by molar-refractivity contribution is 6.28. The lowest BCUT2D eigenvalue weighted by Crippen LogP contribution is -2.39. The zero-order valence-corrected chi connectivity index (χ0v) is 14.2. The van der Waals surface area contributed by atoms with E-state index < -0.39 is 18.2 Å². The third-order valence-electron chi connectivity index (χ3n) is 4.64. The third-order valence-corrected chi connectivity index (χ3v) is 4.64. The molecule has 6 heteroatoms. The zero-order chi connectivity index (χ0) is 18.1. The molecule has 0 saturated carbocycles. The highest BCUT2D eigenvalue weighted by Crippen LogP contribution is 2.40. The van der Waals surface area contributed by atoms with Crippen molar-refractivity contribution in [1.29, 1.82) is 0 Å². The Hall–Kier alpha value is -2.47. The lowest BCUT2D eigenvalue weighted by molar-refractivity contribution is -0.145. The van der Waals surface area contributed by atoms with Gasteiger partial charge in [0.15, 0.2) is 11.6 Å². The van der Waals surface area contributed by atoms with E-state index in [9.17, 15) is 19.5 Å². The maximum atomic E-state index is 12.9. The normalized spacial score (nSPS) is 22.5. The molecular weight excluding hydrogens is 324 g/mol. The van der Waals surface area contributed by atoms with Crippen molar-refractivity contribution in [2.45, 2.75) is 44.8 Å². The molecule has 1 aliphatic carbocycles. The van der Waals surface area contributed by atoms with E-state index in [1.54, 1.807) is 12.1 Å². The van der Waals surface area contributed by atoms with Gasteiger partial charge in [-0.1, -0.05) is 25.5 Å². The van der Waals surface area contributed by atoms with Gasteiger partial charge in [-0.05, 0) is 12.5 Å². The Kier molecular flexibility index (Phi) is 4.72. The predicted octanol–water partition coefficient (Wildman–Crippen LogP) is 2.59. The Bertz CT molecular complexity index is 776. The van der Waals surface area contributed by atoms with Crippen LogP contribution in [0.2, 0.25) is 0 Å². The van der Waals surface area contributed by atoms with Crippen LogP contribution in [0.15, 0.2) is 29.3 Å². The maximum absolute atomic E-state index is 12.9. The predicted molar refractivity (Wildman–Crippen MR) is 88.6 cm³/mol. The number of fused-ring (bicyclic) bond motifs is 1. The van der Waals surface area contributed by atoms with Crippen LogP contribution in [0.4, 0.5) is 0 Å². The van der Waals surface area contributed by atoms with Gasteiger partial charge in [0.05, 0.1) is 31.3 Å². The summed E-state index contributed by atoms with van der Waals surface area (Å²) >= 11 is 0. The molecule has 25 heavy (non-hydrogen) atoms. The number of hydrogen-bond acceptors (Lipinski definition) is 6. The molecule has 2 aliphatic rings. The van der Waals surface area contributed by atoms with Crippen LogP contribution in [0.25, 0.3) is 0 Å². The Labute approximate surface area is 145 Å². The van der Waals surface area contributed by atoms with Crippen LogP contribution in [0.3, 0.4) is 0 Å². The molecule has 0 aromatic heterocycles. The number of methoxy groups -OCH3 is 1. The number of aromatic hydroxyl groups is 1. The number of carbonyl (C=O) groups is 3. The zero-order valence-electron chi connectivity index (χ0n) is 14.2. The van der Waals surface area contributed by atoms with E-state index in [-0.39, 0.29) is 41.3 Å². The van der Waals surface area contributed by atoms with Gasteiger partial charge >= 0.3 is 5.97 Å². The summed E-state index contributed by atoms with van der Waals surface area (Å²) in [5, 5.41) is 10.1. The largest absolute Gasteiger partial charge is 0.507 e. The standard InChI is InChI=1S/C19H20O6/c1-3-5-14-17-12(8-10(25-14)9-15(21)24-2)18(22)11-6-4-7-13(20)16(11)19(17)23/h4,6-7,10,14,20H,3,5,8-9H2,1-2H3/t10-,14+/m0/s1. The molecule has 0 spiro atoms.